The van der Waals surface area contributed by atoms with Gasteiger partial charge in [0.25, 0.3) is 0 Å². The Balaban J connectivity index is 1.32. The van der Waals surface area contributed by atoms with E-state index in [1.165, 1.54) is 11.5 Å². The number of rotatable bonds is 12. The monoisotopic (exact) mass is 587 g/mol. The molecule has 2 aromatic heterocycles. The van der Waals surface area contributed by atoms with Crippen LogP contribution in [0.15, 0.2) is 96.2 Å². The minimum atomic E-state index is -0.461. The van der Waals surface area contributed by atoms with Crippen molar-refractivity contribution in [1.82, 2.24) is 13.9 Å². The fraction of sp³-hybridized carbons (Fsp3) is 0.312. The molecule has 1 aliphatic rings. The van der Waals surface area contributed by atoms with Gasteiger partial charge in [0.05, 0.1) is 32.1 Å². The summed E-state index contributed by atoms with van der Waals surface area (Å²) >= 11 is 3.03. The first kappa shape index (κ1) is 28.1. The van der Waals surface area contributed by atoms with Crippen molar-refractivity contribution in [1.29, 1.82) is 0 Å². The molecule has 1 saturated heterocycles. The van der Waals surface area contributed by atoms with Crippen molar-refractivity contribution in [2.24, 2.45) is 0 Å². The lowest BCUT2D eigenvalue weighted by Gasteiger charge is -2.26. The standard InChI is InChI=1S/C32H33N3O4S2/c1-22-27-31(41-34-22)35(32(33-27)40-2)30-29(38-20-25-16-10-5-11-17-25)28(37-19-24-14-8-4-9-15-24)26(39-30)21-36-18-23-12-6-3-7-13-23/h3-17,26,28-30H,18-21H2,1-2H3/t26-,28-,29+,30-/m1/s1. The van der Waals surface area contributed by atoms with Gasteiger partial charge >= 0.3 is 0 Å². The number of hydrogen-bond acceptors (Lipinski definition) is 8. The summed E-state index contributed by atoms with van der Waals surface area (Å²) in [5.74, 6) is 0. The Morgan fingerprint density at radius 3 is 1.95 bits per heavy atom. The molecule has 0 amide bonds. The third-order valence-corrected chi connectivity index (χ3v) is 8.71. The van der Waals surface area contributed by atoms with E-state index in [2.05, 4.69) is 45.3 Å². The third kappa shape index (κ3) is 6.40. The predicted molar refractivity (Wildman–Crippen MR) is 162 cm³/mol. The summed E-state index contributed by atoms with van der Waals surface area (Å²) < 4.78 is 33.1. The predicted octanol–water partition coefficient (Wildman–Crippen LogP) is 6.81. The lowest BCUT2D eigenvalue weighted by Crippen LogP contribution is -2.38. The van der Waals surface area contributed by atoms with Gasteiger partial charge in [0.1, 0.15) is 28.7 Å². The summed E-state index contributed by atoms with van der Waals surface area (Å²) in [5, 5.41) is 0.864. The fourth-order valence-electron chi connectivity index (χ4n) is 5.07. The molecular weight excluding hydrogens is 555 g/mol. The molecular formula is C32H33N3O4S2. The van der Waals surface area contributed by atoms with Crippen LogP contribution in [0.25, 0.3) is 10.3 Å². The van der Waals surface area contributed by atoms with E-state index in [9.17, 15) is 0 Å². The van der Waals surface area contributed by atoms with E-state index in [0.29, 0.717) is 26.4 Å². The number of benzene rings is 3. The Labute approximate surface area is 248 Å². The van der Waals surface area contributed by atoms with E-state index < -0.39 is 12.3 Å². The number of thioether (sulfide) groups is 1. The molecule has 0 bridgehead atoms. The molecule has 4 atom stereocenters. The highest BCUT2D eigenvalue weighted by molar-refractivity contribution is 7.98. The van der Waals surface area contributed by atoms with Crippen molar-refractivity contribution in [3.63, 3.8) is 0 Å². The molecule has 0 saturated carbocycles. The van der Waals surface area contributed by atoms with Gasteiger partial charge in [-0.15, -0.1) is 0 Å². The van der Waals surface area contributed by atoms with E-state index in [4.69, 9.17) is 23.9 Å². The van der Waals surface area contributed by atoms with E-state index >= 15 is 0 Å². The van der Waals surface area contributed by atoms with Crippen molar-refractivity contribution in [2.45, 2.75) is 56.4 Å². The topological polar surface area (TPSA) is 67.6 Å². The molecule has 6 rings (SSSR count). The maximum absolute atomic E-state index is 6.82. The molecule has 9 heteroatoms. The number of aryl methyl sites for hydroxylation is 1. The molecule has 0 radical (unpaired) electrons. The zero-order valence-electron chi connectivity index (χ0n) is 23.1. The van der Waals surface area contributed by atoms with E-state index in [0.717, 1.165) is 37.9 Å². The summed E-state index contributed by atoms with van der Waals surface area (Å²) in [6.07, 6.45) is 0.436. The minimum absolute atomic E-state index is 0.352. The Bertz CT molecular complexity index is 1530. The first-order valence-electron chi connectivity index (χ1n) is 13.7. The van der Waals surface area contributed by atoms with Gasteiger partial charge in [0, 0.05) is 0 Å². The second-order valence-corrected chi connectivity index (χ2v) is 11.5. The molecule has 3 aromatic carbocycles. The van der Waals surface area contributed by atoms with Gasteiger partial charge in [-0.2, -0.15) is 4.37 Å². The molecule has 7 nitrogen and oxygen atoms in total. The van der Waals surface area contributed by atoms with Crippen molar-refractivity contribution < 1.29 is 18.9 Å². The largest absolute Gasteiger partial charge is 0.374 e. The molecule has 0 spiro atoms. The van der Waals surface area contributed by atoms with Gasteiger partial charge in [-0.3, -0.25) is 4.57 Å². The SMILES string of the molecule is CSc1nc2c(C)nsc2n1[C@@H]1O[C@H](COCc2ccccc2)[C@@H](OCc2ccccc2)[C@@H]1OCc1ccccc1. The van der Waals surface area contributed by atoms with E-state index in [1.54, 1.807) is 11.8 Å². The van der Waals surface area contributed by atoms with Crippen LogP contribution in [0.1, 0.15) is 28.6 Å². The average molecular weight is 588 g/mol. The number of hydrogen-bond donors (Lipinski definition) is 0. The van der Waals surface area contributed by atoms with Crippen molar-refractivity contribution in [2.75, 3.05) is 12.9 Å². The maximum Gasteiger partial charge on any atom is 0.171 e. The van der Waals surface area contributed by atoms with Crippen LogP contribution >= 0.6 is 23.3 Å². The summed E-state index contributed by atoms with van der Waals surface area (Å²) in [7, 11) is 0. The second kappa shape index (κ2) is 13.3. The van der Waals surface area contributed by atoms with Crippen LogP contribution < -0.4 is 0 Å². The Hall–Kier alpha value is -3.05. The van der Waals surface area contributed by atoms with Crippen LogP contribution in [0.5, 0.6) is 0 Å². The molecule has 1 aliphatic heterocycles. The number of fused-ring (bicyclic) bond motifs is 1. The summed E-state index contributed by atoms with van der Waals surface area (Å²) in [5.41, 5.74) is 5.11. The maximum atomic E-state index is 6.82. The number of imidazole rings is 1. The van der Waals surface area contributed by atoms with Crippen molar-refractivity contribution >= 4 is 33.6 Å². The second-order valence-electron chi connectivity index (χ2n) is 9.98. The first-order valence-corrected chi connectivity index (χ1v) is 15.7. The molecule has 5 aromatic rings. The summed E-state index contributed by atoms with van der Waals surface area (Å²) in [6, 6.07) is 30.6. The highest BCUT2D eigenvalue weighted by Gasteiger charge is 2.48. The lowest BCUT2D eigenvalue weighted by atomic mass is 10.1. The molecule has 1 fully saturated rings. The van der Waals surface area contributed by atoms with Crippen LogP contribution in [0.2, 0.25) is 0 Å². The Kier molecular flexibility index (Phi) is 9.10. The number of ether oxygens (including phenoxy) is 4. The normalized spacial score (nSPS) is 20.6. The highest BCUT2D eigenvalue weighted by atomic mass is 32.2. The summed E-state index contributed by atoms with van der Waals surface area (Å²) in [4.78, 5) is 5.87. The zero-order valence-corrected chi connectivity index (χ0v) is 24.7. The molecule has 3 heterocycles. The van der Waals surface area contributed by atoms with Crippen LogP contribution in [-0.4, -0.2) is 45.1 Å². The first-order chi connectivity index (χ1) is 20.2. The van der Waals surface area contributed by atoms with Crippen molar-refractivity contribution in [3.05, 3.63) is 113 Å². The third-order valence-electron chi connectivity index (χ3n) is 7.13. The van der Waals surface area contributed by atoms with Gasteiger partial charge in [-0.25, -0.2) is 4.98 Å². The quantitative estimate of drug-likeness (QED) is 0.149. The Morgan fingerprint density at radius 2 is 1.37 bits per heavy atom. The van der Waals surface area contributed by atoms with E-state index in [1.807, 2.05) is 67.8 Å². The van der Waals surface area contributed by atoms with E-state index in [-0.39, 0.29) is 12.2 Å². The van der Waals surface area contributed by atoms with Gasteiger partial charge < -0.3 is 18.9 Å². The van der Waals surface area contributed by atoms with Crippen LogP contribution in [0, 0.1) is 6.92 Å². The smallest absolute Gasteiger partial charge is 0.171 e. The fourth-order valence-corrected chi connectivity index (χ4v) is 6.57. The van der Waals surface area contributed by atoms with Gasteiger partial charge in [-0.05, 0) is 41.4 Å². The number of nitrogens with zero attached hydrogens (tertiary/aromatic N) is 3. The average Bonchev–Trinajstić information content (AvgIpc) is 3.68. The minimum Gasteiger partial charge on any atom is -0.374 e. The van der Waals surface area contributed by atoms with Gasteiger partial charge in [0.2, 0.25) is 0 Å². The highest BCUT2D eigenvalue weighted by Crippen LogP contribution is 2.41. The van der Waals surface area contributed by atoms with Gasteiger partial charge in [-0.1, -0.05) is 103 Å². The van der Waals surface area contributed by atoms with Crippen molar-refractivity contribution in [3.8, 4) is 0 Å². The molecule has 0 aliphatic carbocycles. The lowest BCUT2D eigenvalue weighted by molar-refractivity contribution is -0.0920. The zero-order chi connectivity index (χ0) is 28.0. The van der Waals surface area contributed by atoms with Crippen LogP contribution in [-0.2, 0) is 38.8 Å². The molecule has 0 N–H and O–H groups in total. The summed E-state index contributed by atoms with van der Waals surface area (Å²) in [6.45, 7) is 3.72. The van der Waals surface area contributed by atoms with Gasteiger partial charge in [0.15, 0.2) is 11.4 Å². The van der Waals surface area contributed by atoms with Crippen LogP contribution in [0.4, 0.5) is 0 Å². The molecule has 212 valence electrons. The number of aromatic nitrogens is 3. The molecule has 41 heavy (non-hydrogen) atoms. The Morgan fingerprint density at radius 1 is 0.805 bits per heavy atom. The van der Waals surface area contributed by atoms with Crippen LogP contribution in [0.3, 0.4) is 0 Å². The molecule has 0 unspecified atom stereocenters.